The number of carbonyl (C=O) groups is 1. The Balaban J connectivity index is 1.17. The number of benzene rings is 2. The van der Waals surface area contributed by atoms with E-state index in [-0.39, 0.29) is 11.6 Å². The Labute approximate surface area is 216 Å². The number of aromatic nitrogens is 3. The van der Waals surface area contributed by atoms with Gasteiger partial charge in [0, 0.05) is 35.6 Å². The second-order valence-corrected chi connectivity index (χ2v) is 12.8. The Hall–Kier alpha value is -3.43. The van der Waals surface area contributed by atoms with Gasteiger partial charge >= 0.3 is 0 Å². The molecule has 1 aliphatic heterocycles. The standard InChI is InChI=1S/C28H31N5O3S/c1-17-11-25(27(29)34)31-33(17)23-7-8-26-20(13-23)9-10-32(26)16-18-3-5-19(6-4-18)21-12-22-15-30-28(24(22)14-21)37(2,35)36/h3-11,13,21-22,24,28,30H,12,14-16H2,1-2H3,(H2,29,34)/t21-,22+,24-,28-/m1/s1. The Morgan fingerprint density at radius 1 is 1.11 bits per heavy atom. The number of nitrogens with two attached hydrogens (primary N) is 1. The summed E-state index contributed by atoms with van der Waals surface area (Å²) in [6, 6.07) is 18.7. The van der Waals surface area contributed by atoms with Crippen LogP contribution >= 0.6 is 0 Å². The molecule has 1 amide bonds. The number of nitrogens with zero attached hydrogens (tertiary/aromatic N) is 3. The number of aryl methyl sites for hydroxylation is 1. The zero-order valence-corrected chi connectivity index (χ0v) is 21.8. The summed E-state index contributed by atoms with van der Waals surface area (Å²) < 4.78 is 28.3. The first-order chi connectivity index (χ1) is 17.7. The van der Waals surface area contributed by atoms with Crippen LogP contribution in [-0.4, -0.2) is 46.8 Å². The van der Waals surface area contributed by atoms with E-state index in [1.54, 1.807) is 10.7 Å². The first-order valence-electron chi connectivity index (χ1n) is 12.6. The van der Waals surface area contributed by atoms with Crippen LogP contribution in [0.15, 0.2) is 60.8 Å². The summed E-state index contributed by atoms with van der Waals surface area (Å²) in [5.41, 5.74) is 11.0. The second-order valence-electron chi connectivity index (χ2n) is 10.6. The molecule has 0 bridgehead atoms. The number of hydrogen-bond donors (Lipinski definition) is 2. The van der Waals surface area contributed by atoms with Gasteiger partial charge in [0.2, 0.25) is 0 Å². The van der Waals surface area contributed by atoms with Crippen molar-refractivity contribution in [2.75, 3.05) is 12.8 Å². The largest absolute Gasteiger partial charge is 0.364 e. The second kappa shape index (κ2) is 8.85. The molecule has 6 rings (SSSR count). The molecule has 2 aromatic heterocycles. The lowest BCUT2D eigenvalue weighted by molar-refractivity contribution is 0.0995. The Kier molecular flexibility index (Phi) is 5.72. The number of rotatable bonds is 6. The van der Waals surface area contributed by atoms with Crippen molar-refractivity contribution in [3.8, 4) is 5.69 Å². The zero-order chi connectivity index (χ0) is 25.9. The number of primary amides is 1. The highest BCUT2D eigenvalue weighted by atomic mass is 32.2. The van der Waals surface area contributed by atoms with E-state index in [1.165, 1.54) is 17.4 Å². The maximum atomic E-state index is 12.2. The molecule has 4 aromatic rings. The molecule has 9 heteroatoms. The third-order valence-corrected chi connectivity index (χ3v) is 9.56. The van der Waals surface area contributed by atoms with Gasteiger partial charge in [0.15, 0.2) is 15.5 Å². The van der Waals surface area contributed by atoms with Gasteiger partial charge in [-0.15, -0.1) is 0 Å². The zero-order valence-electron chi connectivity index (χ0n) is 21.0. The van der Waals surface area contributed by atoms with Crippen LogP contribution in [0.4, 0.5) is 0 Å². The van der Waals surface area contributed by atoms with Gasteiger partial charge in [0.1, 0.15) is 5.37 Å². The third kappa shape index (κ3) is 4.36. The van der Waals surface area contributed by atoms with Crippen molar-refractivity contribution in [1.82, 2.24) is 19.7 Å². The lowest BCUT2D eigenvalue weighted by atomic mass is 9.95. The van der Waals surface area contributed by atoms with Crippen LogP contribution in [0.3, 0.4) is 0 Å². The minimum absolute atomic E-state index is 0.212. The van der Waals surface area contributed by atoms with E-state index >= 15 is 0 Å². The quantitative estimate of drug-likeness (QED) is 0.407. The SMILES string of the molecule is Cc1cc(C(N)=O)nn1-c1ccc2c(ccn2Cc2ccc([C@@H]3C[C@H]4CN[C@H](S(C)(=O)=O)[C@@H]4C3)cc2)c1. The number of amides is 1. The van der Waals surface area contributed by atoms with Crippen molar-refractivity contribution in [2.45, 2.75) is 37.6 Å². The van der Waals surface area contributed by atoms with Gasteiger partial charge in [-0.3, -0.25) is 4.79 Å². The molecule has 1 saturated carbocycles. The number of fused-ring (bicyclic) bond motifs is 2. The van der Waals surface area contributed by atoms with Crippen LogP contribution in [-0.2, 0) is 16.4 Å². The minimum Gasteiger partial charge on any atom is -0.364 e. The molecule has 3 N–H and O–H groups in total. The monoisotopic (exact) mass is 517 g/mol. The molecular weight excluding hydrogens is 486 g/mol. The molecule has 3 heterocycles. The number of nitrogens with one attached hydrogen (secondary N) is 1. The van der Waals surface area contributed by atoms with E-state index in [9.17, 15) is 13.2 Å². The van der Waals surface area contributed by atoms with Gasteiger partial charge in [-0.2, -0.15) is 5.10 Å². The van der Waals surface area contributed by atoms with Crippen molar-refractivity contribution < 1.29 is 13.2 Å². The van der Waals surface area contributed by atoms with Crippen LogP contribution in [0.5, 0.6) is 0 Å². The average molecular weight is 518 g/mol. The molecule has 192 valence electrons. The minimum atomic E-state index is -3.08. The number of carbonyl (C=O) groups excluding carboxylic acids is 1. The summed E-state index contributed by atoms with van der Waals surface area (Å²) in [5.74, 6) is 0.533. The van der Waals surface area contributed by atoms with E-state index < -0.39 is 21.1 Å². The van der Waals surface area contributed by atoms with E-state index in [2.05, 4.69) is 63.6 Å². The molecule has 1 aliphatic carbocycles. The molecule has 8 nitrogen and oxygen atoms in total. The van der Waals surface area contributed by atoms with E-state index in [1.807, 2.05) is 13.0 Å². The molecule has 4 atom stereocenters. The Morgan fingerprint density at radius 2 is 1.89 bits per heavy atom. The third-order valence-electron chi connectivity index (χ3n) is 8.12. The van der Waals surface area contributed by atoms with Crippen LogP contribution < -0.4 is 11.1 Å². The lowest BCUT2D eigenvalue weighted by Crippen LogP contribution is -2.35. The van der Waals surface area contributed by atoms with E-state index in [0.717, 1.165) is 48.2 Å². The van der Waals surface area contributed by atoms with Crippen LogP contribution in [0.2, 0.25) is 0 Å². The predicted octanol–water partition coefficient (Wildman–Crippen LogP) is 3.37. The molecule has 2 fully saturated rings. The van der Waals surface area contributed by atoms with Gasteiger partial charge < -0.3 is 15.6 Å². The molecule has 2 aromatic carbocycles. The Morgan fingerprint density at radius 3 is 2.59 bits per heavy atom. The van der Waals surface area contributed by atoms with Crippen molar-refractivity contribution in [3.05, 3.63) is 83.3 Å². The maximum Gasteiger partial charge on any atom is 0.269 e. The van der Waals surface area contributed by atoms with E-state index in [4.69, 9.17) is 5.73 Å². The molecule has 2 aliphatic rings. The van der Waals surface area contributed by atoms with Crippen LogP contribution in [0.25, 0.3) is 16.6 Å². The first kappa shape index (κ1) is 23.9. The van der Waals surface area contributed by atoms with Gasteiger partial charge in [0.05, 0.1) is 5.69 Å². The van der Waals surface area contributed by atoms with Gasteiger partial charge in [-0.05, 0) is 85.5 Å². The molecule has 1 saturated heterocycles. The van der Waals surface area contributed by atoms with Crippen LogP contribution in [0, 0.1) is 18.8 Å². The normalized spacial score (nSPS) is 23.5. The van der Waals surface area contributed by atoms with Crippen LogP contribution in [0.1, 0.15) is 46.1 Å². The molecule has 0 spiro atoms. The topological polar surface area (TPSA) is 112 Å². The summed E-state index contributed by atoms with van der Waals surface area (Å²) in [6.45, 7) is 3.45. The maximum absolute atomic E-state index is 12.2. The summed E-state index contributed by atoms with van der Waals surface area (Å²) in [5, 5.41) is 8.26. The van der Waals surface area contributed by atoms with Crippen molar-refractivity contribution in [1.29, 1.82) is 0 Å². The van der Waals surface area contributed by atoms with Crippen molar-refractivity contribution >= 4 is 26.6 Å². The fourth-order valence-corrected chi connectivity index (χ4v) is 7.70. The summed E-state index contributed by atoms with van der Waals surface area (Å²) in [7, 11) is -3.08. The number of sulfone groups is 1. The smallest absolute Gasteiger partial charge is 0.269 e. The fourth-order valence-electron chi connectivity index (χ4n) is 6.33. The predicted molar refractivity (Wildman–Crippen MR) is 143 cm³/mol. The molecule has 37 heavy (non-hydrogen) atoms. The average Bonchev–Trinajstić information content (AvgIpc) is 3.61. The highest BCUT2D eigenvalue weighted by molar-refractivity contribution is 7.91. The lowest BCUT2D eigenvalue weighted by Gasteiger charge is -2.18. The van der Waals surface area contributed by atoms with Gasteiger partial charge in [0.25, 0.3) is 5.91 Å². The van der Waals surface area contributed by atoms with Gasteiger partial charge in [-0.25, -0.2) is 13.1 Å². The first-order valence-corrected chi connectivity index (χ1v) is 14.6. The van der Waals surface area contributed by atoms with Crippen molar-refractivity contribution in [2.24, 2.45) is 17.6 Å². The number of hydrogen-bond acceptors (Lipinski definition) is 5. The highest BCUT2D eigenvalue weighted by Crippen LogP contribution is 2.47. The molecular formula is C28H31N5O3S. The summed E-state index contributed by atoms with van der Waals surface area (Å²) in [4.78, 5) is 11.5. The Bertz CT molecular complexity index is 1600. The van der Waals surface area contributed by atoms with Crippen molar-refractivity contribution in [3.63, 3.8) is 0 Å². The van der Waals surface area contributed by atoms with Gasteiger partial charge in [-0.1, -0.05) is 24.3 Å². The highest BCUT2D eigenvalue weighted by Gasteiger charge is 2.47. The molecule has 0 radical (unpaired) electrons. The summed E-state index contributed by atoms with van der Waals surface area (Å²) >= 11 is 0. The summed E-state index contributed by atoms with van der Waals surface area (Å²) in [6.07, 6.45) is 5.41. The fraction of sp³-hybridized carbons (Fsp3) is 0.357. The van der Waals surface area contributed by atoms with E-state index in [0.29, 0.717) is 11.8 Å². The molecule has 0 unspecified atom stereocenters.